The minimum atomic E-state index is -3.39. The molecular weight excluding hydrogens is 783 g/mol. The van der Waals surface area contributed by atoms with Crippen LogP contribution in [-0.2, 0) is 30.1 Å². The zero-order valence-electron chi connectivity index (χ0n) is 34.4. The van der Waals surface area contributed by atoms with Gasteiger partial charge < -0.3 is 0 Å². The van der Waals surface area contributed by atoms with E-state index in [0.717, 1.165) is 25.7 Å². The number of rotatable bonds is 9. The lowest BCUT2D eigenvalue weighted by Crippen LogP contribution is -2.59. The quantitative estimate of drug-likeness (QED) is 0.212. The molecule has 2 bridgehead atoms. The number of fused-ring (bicyclic) bond motifs is 3. The van der Waals surface area contributed by atoms with Gasteiger partial charge in [0.1, 0.15) is 0 Å². The van der Waals surface area contributed by atoms with Crippen molar-refractivity contribution in [2.24, 2.45) is 23.7 Å². The Kier molecular flexibility index (Phi) is 14.7. The highest BCUT2D eigenvalue weighted by atomic mass is 32.2. The van der Waals surface area contributed by atoms with Crippen LogP contribution in [0.3, 0.4) is 0 Å². The van der Waals surface area contributed by atoms with Crippen molar-refractivity contribution in [3.05, 3.63) is 91.0 Å². The molecule has 0 spiro atoms. The Morgan fingerprint density at radius 1 is 0.571 bits per heavy atom. The maximum atomic E-state index is 13.0. The van der Waals surface area contributed by atoms with Crippen LogP contribution >= 0.6 is 11.8 Å². The van der Waals surface area contributed by atoms with Gasteiger partial charge in [0.15, 0.2) is 0 Å². The lowest BCUT2D eigenvalue weighted by atomic mass is 9.73. The molecule has 9 nitrogen and oxygen atoms in total. The Morgan fingerprint density at radius 2 is 1.02 bits per heavy atom. The fourth-order valence-electron chi connectivity index (χ4n) is 9.34. The molecule has 0 N–H and O–H groups in total. The Balaban J connectivity index is 0.000000161. The number of benzene rings is 3. The van der Waals surface area contributed by atoms with Crippen LogP contribution in [0.5, 0.6) is 0 Å². The van der Waals surface area contributed by atoms with Crippen molar-refractivity contribution in [3.63, 3.8) is 0 Å². The van der Waals surface area contributed by atoms with Gasteiger partial charge in [0.25, 0.3) is 0 Å². The molecule has 0 radical (unpaired) electrons. The van der Waals surface area contributed by atoms with E-state index in [0.29, 0.717) is 50.8 Å². The standard InChI is InChI=1S/C16H23NO2S.C14H21NO2S2.C13H19NO2S/c1-12(2)16-13-8-10-14(11-9-13)17(16)20(18,19)15-6-4-3-5-7-15;1-11(2)13-14(3,4)18-10-15(13)19(16,17)12-8-6-5-7-9-12;1-11(2)13-9-6-10-14(13)17(15,16)12-7-4-3-5-8-12/h3-7,12-14,16H,8-11H2,1-2H3;5-9,11,13H,10H2,1-4H3;3-5,7-8,11,13H,6,9-10H2,1-2H3. The van der Waals surface area contributed by atoms with Gasteiger partial charge in [-0.1, -0.05) is 96.1 Å². The van der Waals surface area contributed by atoms with Gasteiger partial charge in [0.2, 0.25) is 30.1 Å². The highest BCUT2D eigenvalue weighted by molar-refractivity contribution is 8.02. The van der Waals surface area contributed by atoms with Crippen molar-refractivity contribution >= 4 is 41.8 Å². The van der Waals surface area contributed by atoms with E-state index in [1.165, 1.54) is 12.8 Å². The molecule has 13 heteroatoms. The predicted molar refractivity (Wildman–Crippen MR) is 229 cm³/mol. The smallest absolute Gasteiger partial charge is 0.207 e. The molecule has 5 fully saturated rings. The van der Waals surface area contributed by atoms with Crippen LogP contribution in [0.25, 0.3) is 0 Å². The Bertz CT molecular complexity index is 2040. The molecule has 5 aliphatic rings. The van der Waals surface area contributed by atoms with Gasteiger partial charge >= 0.3 is 0 Å². The summed E-state index contributed by atoms with van der Waals surface area (Å²) >= 11 is 1.71. The predicted octanol–water partition coefficient (Wildman–Crippen LogP) is 8.95. The van der Waals surface area contributed by atoms with Gasteiger partial charge in [-0.25, -0.2) is 25.3 Å². The largest absolute Gasteiger partial charge is 0.244 e. The fourth-order valence-corrected chi connectivity index (χ4v) is 16.8. The van der Waals surface area contributed by atoms with Crippen molar-refractivity contribution in [1.82, 2.24) is 12.9 Å². The molecule has 4 saturated heterocycles. The molecule has 4 aliphatic heterocycles. The third-order valence-electron chi connectivity index (χ3n) is 11.8. The monoisotopic (exact) mass is 845 g/mol. The van der Waals surface area contributed by atoms with E-state index >= 15 is 0 Å². The van der Waals surface area contributed by atoms with Crippen molar-refractivity contribution < 1.29 is 25.3 Å². The van der Waals surface area contributed by atoms with Crippen molar-refractivity contribution in [3.8, 4) is 0 Å². The number of sulfonamides is 3. The summed E-state index contributed by atoms with van der Waals surface area (Å²) in [6, 6.07) is 26.9. The summed E-state index contributed by atoms with van der Waals surface area (Å²) in [4.78, 5) is 1.24. The van der Waals surface area contributed by atoms with Crippen molar-refractivity contribution in [2.75, 3.05) is 12.4 Å². The second-order valence-electron chi connectivity index (χ2n) is 17.1. The average Bonchev–Trinajstić information content (AvgIpc) is 3.82. The molecule has 3 atom stereocenters. The Labute approximate surface area is 342 Å². The summed E-state index contributed by atoms with van der Waals surface area (Å²) in [6.45, 7) is 17.6. The molecule has 310 valence electrons. The number of hydrogen-bond acceptors (Lipinski definition) is 7. The van der Waals surface area contributed by atoms with Crippen LogP contribution in [0.2, 0.25) is 0 Å². The van der Waals surface area contributed by atoms with Crippen molar-refractivity contribution in [2.45, 2.75) is 138 Å². The lowest BCUT2D eigenvalue weighted by Gasteiger charge is -2.52. The van der Waals surface area contributed by atoms with Crippen LogP contribution in [0.1, 0.15) is 93.9 Å². The minimum absolute atomic E-state index is 0.0303. The van der Waals surface area contributed by atoms with Gasteiger partial charge in [-0.05, 0) is 112 Å². The normalized spacial score (nSPS) is 25.9. The molecule has 1 saturated carbocycles. The average molecular weight is 846 g/mol. The first-order chi connectivity index (χ1) is 26.3. The highest BCUT2D eigenvalue weighted by Gasteiger charge is 2.49. The molecule has 8 rings (SSSR count). The van der Waals surface area contributed by atoms with E-state index in [-0.39, 0.29) is 28.9 Å². The third-order valence-corrected chi connectivity index (χ3v) is 19.1. The van der Waals surface area contributed by atoms with Crippen LogP contribution in [0, 0.1) is 23.7 Å². The van der Waals surface area contributed by atoms with E-state index in [1.807, 2.05) is 22.5 Å². The van der Waals surface area contributed by atoms with Gasteiger partial charge in [0, 0.05) is 35.5 Å². The second-order valence-corrected chi connectivity index (χ2v) is 24.3. The highest BCUT2D eigenvalue weighted by Crippen LogP contribution is 2.46. The molecule has 1 aliphatic carbocycles. The molecule has 4 heterocycles. The summed E-state index contributed by atoms with van der Waals surface area (Å²) in [5.41, 5.74) is 0. The van der Waals surface area contributed by atoms with E-state index in [2.05, 4.69) is 55.4 Å². The summed E-state index contributed by atoms with van der Waals surface area (Å²) in [6.07, 6.45) is 6.38. The first kappa shape index (κ1) is 44.8. The number of hydrogen-bond donors (Lipinski definition) is 0. The fraction of sp³-hybridized carbons (Fsp3) is 0.581. The van der Waals surface area contributed by atoms with Gasteiger partial charge in [-0.15, -0.1) is 11.8 Å². The zero-order chi connectivity index (χ0) is 41.1. The van der Waals surface area contributed by atoms with Crippen LogP contribution in [-0.4, -0.2) is 79.5 Å². The summed E-state index contributed by atoms with van der Waals surface area (Å²) in [5, 5.41) is 0. The minimum Gasteiger partial charge on any atom is -0.207 e. The van der Waals surface area contributed by atoms with E-state index < -0.39 is 30.1 Å². The molecular formula is C43H63N3O6S4. The topological polar surface area (TPSA) is 112 Å². The van der Waals surface area contributed by atoms with E-state index in [9.17, 15) is 25.3 Å². The molecule has 3 aromatic rings. The number of piperidine rings is 2. The molecule has 0 amide bonds. The number of thioether (sulfide) groups is 1. The number of nitrogens with zero attached hydrogens (tertiary/aromatic N) is 3. The Hall–Kier alpha value is -2.26. The lowest BCUT2D eigenvalue weighted by molar-refractivity contribution is 0.0296. The van der Waals surface area contributed by atoms with Crippen LogP contribution in [0.4, 0.5) is 0 Å². The van der Waals surface area contributed by atoms with E-state index in [4.69, 9.17) is 0 Å². The summed E-state index contributed by atoms with van der Waals surface area (Å²) in [7, 11) is -10.0. The zero-order valence-corrected chi connectivity index (χ0v) is 37.6. The maximum absolute atomic E-state index is 13.0. The first-order valence-electron chi connectivity index (χ1n) is 20.2. The third kappa shape index (κ3) is 9.61. The van der Waals surface area contributed by atoms with Gasteiger partial charge in [0.05, 0.1) is 20.6 Å². The summed E-state index contributed by atoms with van der Waals surface area (Å²) < 4.78 is 81.6. The van der Waals surface area contributed by atoms with Crippen molar-refractivity contribution in [1.29, 1.82) is 0 Å². The van der Waals surface area contributed by atoms with Gasteiger partial charge in [-0.3, -0.25) is 0 Å². The SMILES string of the molecule is CC(C)C1C2CCC(CC2)N1S(=O)(=O)c1ccccc1.CC(C)C1CCCN1S(=O)(=O)c1ccccc1.CC(C)C1N(S(=O)(=O)c2ccccc2)CSC1(C)C. The second kappa shape index (κ2) is 18.3. The molecule has 3 aromatic carbocycles. The molecule has 3 unspecified atom stereocenters. The summed E-state index contributed by atoms with van der Waals surface area (Å²) in [5.74, 6) is 2.12. The molecule has 0 aromatic heterocycles. The van der Waals surface area contributed by atoms with Gasteiger partial charge in [-0.2, -0.15) is 12.9 Å². The van der Waals surface area contributed by atoms with E-state index in [1.54, 1.807) is 93.2 Å². The van der Waals surface area contributed by atoms with Crippen LogP contribution < -0.4 is 0 Å². The molecule has 56 heavy (non-hydrogen) atoms. The van der Waals surface area contributed by atoms with Crippen LogP contribution in [0.15, 0.2) is 106 Å². The maximum Gasteiger partial charge on any atom is 0.244 e. The Morgan fingerprint density at radius 3 is 1.45 bits per heavy atom. The first-order valence-corrected chi connectivity index (χ1v) is 25.5.